The lowest BCUT2D eigenvalue weighted by Crippen LogP contribution is -2.48. The first kappa shape index (κ1) is 25.9. The molecule has 0 unspecified atom stereocenters. The van der Waals surface area contributed by atoms with Crippen LogP contribution >= 0.6 is 0 Å². The van der Waals surface area contributed by atoms with Gasteiger partial charge in [0.25, 0.3) is 5.91 Å². The summed E-state index contributed by atoms with van der Waals surface area (Å²) in [5.41, 5.74) is 0.982. The summed E-state index contributed by atoms with van der Waals surface area (Å²) in [7, 11) is -1.95. The minimum absolute atomic E-state index is 0.0295. The summed E-state index contributed by atoms with van der Waals surface area (Å²) < 4.78 is 38.5. The molecule has 2 aliphatic heterocycles. The predicted octanol–water partition coefficient (Wildman–Crippen LogP) is 3.54. The Hall–Kier alpha value is -3.69. The Morgan fingerprint density at radius 3 is 2.50 bits per heavy atom. The Morgan fingerprint density at radius 1 is 1.05 bits per heavy atom. The Bertz CT molecular complexity index is 1440. The van der Waals surface area contributed by atoms with Crippen LogP contribution in [0.25, 0.3) is 0 Å². The van der Waals surface area contributed by atoms with Crippen LogP contribution in [0.5, 0.6) is 5.75 Å². The molecule has 0 radical (unpaired) electrons. The Kier molecular flexibility index (Phi) is 7.23. The Balaban J connectivity index is 1.53. The van der Waals surface area contributed by atoms with Gasteiger partial charge in [0.1, 0.15) is 5.75 Å². The van der Waals surface area contributed by atoms with Crippen LogP contribution in [-0.4, -0.2) is 61.8 Å². The van der Waals surface area contributed by atoms with E-state index in [4.69, 9.17) is 19.6 Å². The first-order valence-electron chi connectivity index (χ1n) is 12.6. The van der Waals surface area contributed by atoms with E-state index in [0.717, 1.165) is 11.1 Å². The van der Waals surface area contributed by atoms with Crippen LogP contribution in [0.1, 0.15) is 35.6 Å². The van der Waals surface area contributed by atoms with Gasteiger partial charge in [0.05, 0.1) is 17.3 Å². The van der Waals surface area contributed by atoms with Crippen LogP contribution in [0.3, 0.4) is 0 Å². The van der Waals surface area contributed by atoms with Gasteiger partial charge in [-0.05, 0) is 42.0 Å². The fraction of sp³-hybridized carbons (Fsp3) is 0.310. The van der Waals surface area contributed by atoms with Crippen molar-refractivity contribution in [2.24, 2.45) is 4.99 Å². The molecule has 8 nitrogen and oxygen atoms in total. The molecule has 0 saturated carbocycles. The highest BCUT2D eigenvalue weighted by molar-refractivity contribution is 7.91. The number of likely N-dealkylation sites (N-methyl/N-ethyl adjacent to an activating group) is 1. The van der Waals surface area contributed by atoms with Gasteiger partial charge in [-0.1, -0.05) is 42.5 Å². The maximum Gasteiger partial charge on any atom is 0.254 e. The average molecular weight is 535 g/mol. The predicted molar refractivity (Wildman–Crippen MR) is 143 cm³/mol. The lowest BCUT2D eigenvalue weighted by molar-refractivity contribution is -0.138. The fourth-order valence-electron chi connectivity index (χ4n) is 4.96. The maximum atomic E-state index is 14.0. The standard InChI is InChI=1S/C29H30N2O6S/c1-31-20-22-8-5-6-11-25(22)26-29(28(31)33,16-19-38(34,35)24-9-3-2-4-10-24)30-27(37-26)21-12-14-23(15-13-21)36-18-7-17-32/h2-6,8-15,26,32H,7,16-20H2,1H3/t26-,29-/m1/s1. The lowest BCUT2D eigenvalue weighted by Gasteiger charge is -2.30. The van der Waals surface area contributed by atoms with Crippen LogP contribution < -0.4 is 4.74 Å². The van der Waals surface area contributed by atoms with Crippen molar-refractivity contribution < 1.29 is 27.8 Å². The second-order valence-electron chi connectivity index (χ2n) is 9.53. The number of aliphatic hydroxyl groups excluding tert-OH is 1. The molecule has 3 aromatic rings. The molecule has 0 saturated heterocycles. The van der Waals surface area contributed by atoms with Crippen molar-refractivity contribution in [2.75, 3.05) is 26.0 Å². The molecule has 1 N–H and O–H groups in total. The zero-order chi connectivity index (χ0) is 26.8. The van der Waals surface area contributed by atoms with Crippen LogP contribution in [0.4, 0.5) is 0 Å². The van der Waals surface area contributed by atoms with E-state index < -0.39 is 21.5 Å². The highest BCUT2D eigenvalue weighted by atomic mass is 32.2. The molecule has 2 aliphatic rings. The van der Waals surface area contributed by atoms with Crippen molar-refractivity contribution >= 4 is 21.6 Å². The number of nitrogens with zero attached hydrogens (tertiary/aromatic N) is 2. The summed E-state index contributed by atoms with van der Waals surface area (Å²) in [4.78, 5) is 20.6. The molecule has 38 heavy (non-hydrogen) atoms. The molecule has 198 valence electrons. The van der Waals surface area contributed by atoms with Crippen LogP contribution in [0.15, 0.2) is 88.8 Å². The van der Waals surface area contributed by atoms with E-state index in [1.807, 2.05) is 24.3 Å². The molecule has 0 fully saturated rings. The van der Waals surface area contributed by atoms with Crippen LogP contribution in [0, 0.1) is 0 Å². The number of ether oxygens (including phenoxy) is 2. The molecule has 0 bridgehead atoms. The third-order valence-electron chi connectivity index (χ3n) is 6.95. The zero-order valence-corrected chi connectivity index (χ0v) is 21.9. The maximum absolute atomic E-state index is 14.0. The molecule has 1 amide bonds. The molecule has 2 heterocycles. The monoisotopic (exact) mass is 534 g/mol. The van der Waals surface area contributed by atoms with Gasteiger partial charge < -0.3 is 19.5 Å². The molecule has 2 atom stereocenters. The first-order valence-corrected chi connectivity index (χ1v) is 14.2. The lowest BCUT2D eigenvalue weighted by atomic mass is 9.84. The quantitative estimate of drug-likeness (QED) is 0.421. The molecule has 0 spiro atoms. The van der Waals surface area contributed by atoms with Gasteiger partial charge in [-0.3, -0.25) is 4.79 Å². The molecular weight excluding hydrogens is 504 g/mol. The third kappa shape index (κ3) is 4.91. The largest absolute Gasteiger partial charge is 0.494 e. The average Bonchev–Trinajstić information content (AvgIpc) is 3.30. The normalized spacial score (nSPS) is 20.7. The van der Waals surface area contributed by atoms with Crippen LogP contribution in [-0.2, 0) is 25.9 Å². The van der Waals surface area contributed by atoms with Gasteiger partial charge in [-0.25, -0.2) is 13.4 Å². The Labute approximate surface area is 222 Å². The third-order valence-corrected chi connectivity index (χ3v) is 8.69. The number of sulfone groups is 1. The van der Waals surface area contributed by atoms with Crippen molar-refractivity contribution in [3.8, 4) is 5.75 Å². The smallest absolute Gasteiger partial charge is 0.254 e. The number of fused-ring (bicyclic) bond motifs is 3. The highest BCUT2D eigenvalue weighted by Gasteiger charge is 2.56. The van der Waals surface area contributed by atoms with Gasteiger partial charge >= 0.3 is 0 Å². The number of carbonyl (C=O) groups excluding carboxylic acids is 1. The van der Waals surface area contributed by atoms with Crippen molar-refractivity contribution in [1.29, 1.82) is 0 Å². The van der Waals surface area contributed by atoms with E-state index in [0.29, 0.717) is 30.9 Å². The van der Waals surface area contributed by atoms with E-state index in [9.17, 15) is 13.2 Å². The molecule has 9 heteroatoms. The molecule has 0 aliphatic carbocycles. The summed E-state index contributed by atoms with van der Waals surface area (Å²) in [5, 5.41) is 8.97. The van der Waals surface area contributed by atoms with E-state index in [-0.39, 0.29) is 35.5 Å². The van der Waals surface area contributed by atoms with Crippen molar-refractivity contribution in [3.63, 3.8) is 0 Å². The number of rotatable bonds is 9. The summed E-state index contributed by atoms with van der Waals surface area (Å²) in [6.45, 7) is 0.828. The van der Waals surface area contributed by atoms with Gasteiger partial charge in [0, 0.05) is 44.2 Å². The molecular formula is C29H30N2O6S. The van der Waals surface area contributed by atoms with Gasteiger partial charge in [0.2, 0.25) is 5.90 Å². The summed E-state index contributed by atoms with van der Waals surface area (Å²) in [5.74, 6) is 0.390. The van der Waals surface area contributed by atoms with E-state index in [1.54, 1.807) is 66.5 Å². The number of hydrogen-bond donors (Lipinski definition) is 1. The molecule has 0 aromatic heterocycles. The fourth-order valence-corrected chi connectivity index (χ4v) is 6.35. The summed E-state index contributed by atoms with van der Waals surface area (Å²) in [6.07, 6.45) is -0.265. The number of carbonyl (C=O) groups is 1. The van der Waals surface area contributed by atoms with Crippen molar-refractivity contribution in [2.45, 2.75) is 35.9 Å². The van der Waals surface area contributed by atoms with E-state index in [2.05, 4.69) is 0 Å². The van der Waals surface area contributed by atoms with E-state index in [1.165, 1.54) is 0 Å². The number of amides is 1. The second kappa shape index (κ2) is 10.6. The number of benzene rings is 3. The van der Waals surface area contributed by atoms with Gasteiger partial charge in [0.15, 0.2) is 21.5 Å². The minimum Gasteiger partial charge on any atom is -0.494 e. The van der Waals surface area contributed by atoms with Gasteiger partial charge in [-0.15, -0.1) is 0 Å². The van der Waals surface area contributed by atoms with Gasteiger partial charge in [-0.2, -0.15) is 0 Å². The van der Waals surface area contributed by atoms with Crippen molar-refractivity contribution in [1.82, 2.24) is 4.90 Å². The molecule has 5 rings (SSSR count). The molecule has 3 aromatic carbocycles. The number of aliphatic hydroxyl groups is 1. The summed E-state index contributed by atoms with van der Waals surface area (Å²) >= 11 is 0. The highest BCUT2D eigenvalue weighted by Crippen LogP contribution is 2.46. The second-order valence-corrected chi connectivity index (χ2v) is 11.6. The topological polar surface area (TPSA) is 106 Å². The summed E-state index contributed by atoms with van der Waals surface area (Å²) in [6, 6.07) is 23.1. The number of hydrogen-bond acceptors (Lipinski definition) is 7. The first-order chi connectivity index (χ1) is 18.3. The Morgan fingerprint density at radius 2 is 1.76 bits per heavy atom. The number of aliphatic imine (C=N–C) groups is 1. The van der Waals surface area contributed by atoms with E-state index >= 15 is 0 Å². The SMILES string of the molecule is CN1Cc2ccccc2[C@H]2OC(c3ccc(OCCCO)cc3)=N[C@@]2(CCS(=O)(=O)c2ccccc2)C1=O. The minimum atomic E-state index is -3.66. The van der Waals surface area contributed by atoms with Crippen LogP contribution in [0.2, 0.25) is 0 Å². The zero-order valence-electron chi connectivity index (χ0n) is 21.1. The van der Waals surface area contributed by atoms with Crippen molar-refractivity contribution in [3.05, 3.63) is 95.6 Å².